The van der Waals surface area contributed by atoms with E-state index in [1.54, 1.807) is 6.07 Å². The molecule has 1 aromatic rings. The molecule has 1 fully saturated rings. The zero-order valence-electron chi connectivity index (χ0n) is 11.6. The number of halogens is 1. The Morgan fingerprint density at radius 3 is 2.74 bits per heavy atom. The van der Waals surface area contributed by atoms with Crippen molar-refractivity contribution in [3.63, 3.8) is 0 Å². The number of nitrogens with one attached hydrogen (secondary N) is 2. The predicted molar refractivity (Wildman–Crippen MR) is 78.8 cm³/mol. The fourth-order valence-corrected chi connectivity index (χ4v) is 2.76. The average molecular weight is 282 g/mol. The molecule has 4 heteroatoms. The summed E-state index contributed by atoms with van der Waals surface area (Å²) < 4.78 is 0. The third kappa shape index (κ3) is 4.22. The average Bonchev–Trinajstić information content (AvgIpc) is 2.36. The minimum atomic E-state index is 0.0926. The first-order valence-electron chi connectivity index (χ1n) is 6.94. The van der Waals surface area contributed by atoms with Crippen molar-refractivity contribution in [2.75, 3.05) is 25.0 Å². The van der Waals surface area contributed by atoms with Gasteiger partial charge >= 0.3 is 0 Å². The third-order valence-corrected chi connectivity index (χ3v) is 4.09. The fraction of sp³-hybridized carbons (Fsp3) is 0.533. The lowest BCUT2D eigenvalue weighted by molar-refractivity contribution is -0.897. The molecule has 0 aromatic heterocycles. The summed E-state index contributed by atoms with van der Waals surface area (Å²) in [5.74, 6) is 0.903. The van der Waals surface area contributed by atoms with Gasteiger partial charge in [-0.05, 0) is 49.4 Å². The molecule has 1 saturated heterocycles. The Hall–Kier alpha value is -1.06. The van der Waals surface area contributed by atoms with E-state index >= 15 is 0 Å². The van der Waals surface area contributed by atoms with Crippen molar-refractivity contribution < 1.29 is 9.69 Å². The van der Waals surface area contributed by atoms with Gasteiger partial charge in [0.25, 0.3) is 5.91 Å². The molecule has 1 amide bonds. The summed E-state index contributed by atoms with van der Waals surface area (Å²) in [6.45, 7) is 7.02. The van der Waals surface area contributed by atoms with Crippen molar-refractivity contribution in [1.29, 1.82) is 0 Å². The molecule has 19 heavy (non-hydrogen) atoms. The van der Waals surface area contributed by atoms with E-state index in [1.165, 1.54) is 17.7 Å². The second-order valence-electron chi connectivity index (χ2n) is 5.62. The van der Waals surface area contributed by atoms with Crippen LogP contribution in [0, 0.1) is 12.8 Å². The number of hydrogen-bond acceptors (Lipinski definition) is 1. The Balaban J connectivity index is 1.87. The molecule has 0 bridgehead atoms. The molecule has 0 saturated carbocycles. The van der Waals surface area contributed by atoms with E-state index in [-0.39, 0.29) is 5.91 Å². The summed E-state index contributed by atoms with van der Waals surface area (Å²) in [5.41, 5.74) is 1.86. The van der Waals surface area contributed by atoms with Crippen molar-refractivity contribution in [3.05, 3.63) is 28.8 Å². The fourth-order valence-electron chi connectivity index (χ4n) is 2.54. The predicted octanol–water partition coefficient (Wildman–Crippen LogP) is 1.90. The number of benzene rings is 1. The Bertz CT molecular complexity index is 453. The van der Waals surface area contributed by atoms with Gasteiger partial charge in [-0.2, -0.15) is 0 Å². The molecule has 1 aliphatic rings. The summed E-state index contributed by atoms with van der Waals surface area (Å²) in [6.07, 6.45) is 2.45. The van der Waals surface area contributed by atoms with E-state index in [1.807, 2.05) is 19.1 Å². The van der Waals surface area contributed by atoms with Crippen LogP contribution in [0.25, 0.3) is 0 Å². The van der Waals surface area contributed by atoms with Crippen LogP contribution in [0.5, 0.6) is 0 Å². The molecule has 2 N–H and O–H groups in total. The van der Waals surface area contributed by atoms with E-state index in [0.29, 0.717) is 11.6 Å². The van der Waals surface area contributed by atoms with Gasteiger partial charge < -0.3 is 10.2 Å². The maximum atomic E-state index is 12.0. The van der Waals surface area contributed by atoms with Crippen LogP contribution in [0.15, 0.2) is 18.2 Å². The number of likely N-dealkylation sites (tertiary alicyclic amines) is 1. The van der Waals surface area contributed by atoms with Gasteiger partial charge in [-0.25, -0.2) is 0 Å². The van der Waals surface area contributed by atoms with Crippen LogP contribution in [-0.4, -0.2) is 25.5 Å². The van der Waals surface area contributed by atoms with E-state index in [0.717, 1.165) is 30.3 Å². The topological polar surface area (TPSA) is 33.5 Å². The van der Waals surface area contributed by atoms with Gasteiger partial charge in [0.2, 0.25) is 0 Å². The Morgan fingerprint density at radius 2 is 2.11 bits per heavy atom. The van der Waals surface area contributed by atoms with E-state index in [2.05, 4.69) is 12.2 Å². The first kappa shape index (κ1) is 14.4. The van der Waals surface area contributed by atoms with Gasteiger partial charge in [0, 0.05) is 10.7 Å². The van der Waals surface area contributed by atoms with E-state index in [9.17, 15) is 4.79 Å². The number of aryl methyl sites for hydroxylation is 1. The lowest BCUT2D eigenvalue weighted by Gasteiger charge is -2.26. The smallest absolute Gasteiger partial charge is 0.279 e. The molecule has 3 nitrogen and oxygen atoms in total. The van der Waals surface area contributed by atoms with Crippen molar-refractivity contribution in [3.8, 4) is 0 Å². The number of anilines is 1. The molecule has 104 valence electrons. The molecular formula is C15H22ClN2O+. The lowest BCUT2D eigenvalue weighted by atomic mass is 9.99. The molecule has 0 aliphatic carbocycles. The summed E-state index contributed by atoms with van der Waals surface area (Å²) in [6, 6.07) is 5.54. The van der Waals surface area contributed by atoms with E-state index < -0.39 is 0 Å². The third-order valence-electron chi connectivity index (χ3n) is 3.85. The van der Waals surface area contributed by atoms with Crippen LogP contribution in [0.2, 0.25) is 5.02 Å². The zero-order valence-corrected chi connectivity index (χ0v) is 12.4. The van der Waals surface area contributed by atoms with Crippen LogP contribution in [0.1, 0.15) is 25.3 Å². The SMILES string of the molecule is Cc1cc(Cl)ccc1NC(=O)C[NH+]1CCC(C)CC1. The molecular weight excluding hydrogens is 260 g/mol. The maximum absolute atomic E-state index is 12.0. The van der Waals surface area contributed by atoms with Gasteiger partial charge in [-0.15, -0.1) is 0 Å². The molecule has 2 rings (SSSR count). The first-order chi connectivity index (χ1) is 9.04. The van der Waals surface area contributed by atoms with Crippen LogP contribution < -0.4 is 10.2 Å². The van der Waals surface area contributed by atoms with Gasteiger partial charge in [0.15, 0.2) is 6.54 Å². The van der Waals surface area contributed by atoms with Crippen molar-refractivity contribution in [1.82, 2.24) is 0 Å². The molecule has 0 atom stereocenters. The number of piperidine rings is 1. The summed E-state index contributed by atoms with van der Waals surface area (Å²) in [4.78, 5) is 13.4. The summed E-state index contributed by atoms with van der Waals surface area (Å²) >= 11 is 5.91. The molecule has 0 unspecified atom stereocenters. The van der Waals surface area contributed by atoms with Crippen LogP contribution in [0.3, 0.4) is 0 Å². The zero-order chi connectivity index (χ0) is 13.8. The number of amides is 1. The van der Waals surface area contributed by atoms with Gasteiger partial charge in [-0.1, -0.05) is 18.5 Å². The van der Waals surface area contributed by atoms with Crippen molar-refractivity contribution in [2.45, 2.75) is 26.7 Å². The maximum Gasteiger partial charge on any atom is 0.279 e. The van der Waals surface area contributed by atoms with Crippen LogP contribution in [0.4, 0.5) is 5.69 Å². The summed E-state index contributed by atoms with van der Waals surface area (Å²) in [7, 11) is 0. The first-order valence-corrected chi connectivity index (χ1v) is 7.32. The molecule has 0 radical (unpaired) electrons. The quantitative estimate of drug-likeness (QED) is 0.872. The van der Waals surface area contributed by atoms with E-state index in [4.69, 9.17) is 11.6 Å². The highest BCUT2D eigenvalue weighted by molar-refractivity contribution is 6.30. The monoisotopic (exact) mass is 281 g/mol. The standard InChI is InChI=1S/C15H21ClN2O/c1-11-5-7-18(8-6-11)10-15(19)17-14-4-3-13(16)9-12(14)2/h3-4,9,11H,5-8,10H2,1-2H3,(H,17,19)/p+1. The minimum Gasteiger partial charge on any atom is -0.327 e. The number of carbonyl (C=O) groups is 1. The molecule has 1 aromatic carbocycles. The Labute approximate surface area is 119 Å². The normalized spacial score (nSPS) is 23.1. The van der Waals surface area contributed by atoms with Crippen LogP contribution in [-0.2, 0) is 4.79 Å². The van der Waals surface area contributed by atoms with Crippen molar-refractivity contribution >= 4 is 23.2 Å². The molecule has 1 heterocycles. The number of rotatable bonds is 3. The van der Waals surface area contributed by atoms with Gasteiger partial charge in [0.1, 0.15) is 0 Å². The van der Waals surface area contributed by atoms with Gasteiger partial charge in [-0.3, -0.25) is 4.79 Å². The summed E-state index contributed by atoms with van der Waals surface area (Å²) in [5, 5.41) is 3.68. The minimum absolute atomic E-state index is 0.0926. The highest BCUT2D eigenvalue weighted by Gasteiger charge is 2.21. The number of quaternary nitrogens is 1. The number of carbonyl (C=O) groups excluding carboxylic acids is 1. The van der Waals surface area contributed by atoms with Crippen molar-refractivity contribution in [2.24, 2.45) is 5.92 Å². The largest absolute Gasteiger partial charge is 0.327 e. The van der Waals surface area contributed by atoms with Crippen LogP contribution >= 0.6 is 11.6 Å². The highest BCUT2D eigenvalue weighted by Crippen LogP contribution is 2.19. The lowest BCUT2D eigenvalue weighted by Crippen LogP contribution is -3.14. The molecule has 1 aliphatic heterocycles. The number of hydrogen-bond donors (Lipinski definition) is 2. The second-order valence-corrected chi connectivity index (χ2v) is 6.05. The Kier molecular flexibility index (Phi) is 4.83. The Morgan fingerprint density at radius 1 is 1.42 bits per heavy atom. The van der Waals surface area contributed by atoms with Gasteiger partial charge in [0.05, 0.1) is 13.1 Å². The second kappa shape index (κ2) is 6.40. The highest BCUT2D eigenvalue weighted by atomic mass is 35.5. The molecule has 0 spiro atoms.